The summed E-state index contributed by atoms with van der Waals surface area (Å²) in [5.74, 6) is 0.219. The number of carbonyl (C=O) groups excluding carboxylic acids is 2. The summed E-state index contributed by atoms with van der Waals surface area (Å²) in [6.45, 7) is 18.1. The van der Waals surface area contributed by atoms with Gasteiger partial charge in [0, 0.05) is 65.1 Å². The summed E-state index contributed by atoms with van der Waals surface area (Å²) in [7, 11) is 0. The Morgan fingerprint density at radius 3 is 2.21 bits per heavy atom. The molecule has 7 nitrogen and oxygen atoms in total. The van der Waals surface area contributed by atoms with Crippen LogP contribution in [0.1, 0.15) is 53.4 Å². The lowest BCUT2D eigenvalue weighted by molar-refractivity contribution is -0.136. The van der Waals surface area contributed by atoms with Crippen LogP contribution in [0.5, 0.6) is 0 Å². The molecule has 2 amide bonds. The Hall–Kier alpha value is -1.34. The molecule has 0 aromatic rings. The van der Waals surface area contributed by atoms with Crippen molar-refractivity contribution in [3.63, 3.8) is 0 Å². The Morgan fingerprint density at radius 2 is 1.62 bits per heavy atom. The van der Waals surface area contributed by atoms with E-state index in [0.29, 0.717) is 26.1 Å². The molecule has 1 spiro atoms. The van der Waals surface area contributed by atoms with Crippen molar-refractivity contribution in [3.05, 3.63) is 0 Å². The number of piperazine rings is 1. The first-order chi connectivity index (χ1) is 13.7. The molecule has 7 heteroatoms. The van der Waals surface area contributed by atoms with Gasteiger partial charge in [0.25, 0.3) is 0 Å². The number of hydrogen-bond donors (Lipinski definition) is 0. The molecule has 3 aliphatic rings. The lowest BCUT2D eigenvalue weighted by Crippen LogP contribution is -2.49. The van der Waals surface area contributed by atoms with Crippen LogP contribution in [0.2, 0.25) is 0 Å². The first-order valence-electron chi connectivity index (χ1n) is 11.4. The van der Waals surface area contributed by atoms with E-state index < -0.39 is 0 Å². The van der Waals surface area contributed by atoms with E-state index in [1.807, 2.05) is 9.80 Å². The molecule has 0 atom stereocenters. The quantitative estimate of drug-likeness (QED) is 0.675. The molecule has 3 heterocycles. The normalized spacial score (nSPS) is 23.7. The van der Waals surface area contributed by atoms with Gasteiger partial charge < -0.3 is 24.3 Å². The van der Waals surface area contributed by atoms with Crippen LogP contribution in [-0.2, 0) is 9.53 Å². The highest BCUT2D eigenvalue weighted by molar-refractivity contribution is 5.77. The standard InChI is InChI=1S/C22H40N4O3/c1-5-23-13-15-24(16-14-23)9-6-10-26-18-22(29-20(26)28)7-11-25(12-8-22)19(27)17-21(2,3)4/h5-18H2,1-4H3. The van der Waals surface area contributed by atoms with E-state index in [1.54, 1.807) is 0 Å². The number of ether oxygens (including phenoxy) is 1. The molecular weight excluding hydrogens is 368 g/mol. The average Bonchev–Trinajstić information content (AvgIpc) is 2.96. The van der Waals surface area contributed by atoms with Crippen LogP contribution in [0.3, 0.4) is 0 Å². The van der Waals surface area contributed by atoms with Crippen LogP contribution in [0.15, 0.2) is 0 Å². The topological polar surface area (TPSA) is 56.3 Å². The number of likely N-dealkylation sites (N-methyl/N-ethyl adjacent to an activating group) is 1. The monoisotopic (exact) mass is 408 g/mol. The van der Waals surface area contributed by atoms with Crippen molar-refractivity contribution in [2.45, 2.75) is 59.0 Å². The predicted molar refractivity (Wildman–Crippen MR) is 114 cm³/mol. The summed E-state index contributed by atoms with van der Waals surface area (Å²) in [4.78, 5) is 33.7. The van der Waals surface area contributed by atoms with Crippen LogP contribution in [0.25, 0.3) is 0 Å². The van der Waals surface area contributed by atoms with Gasteiger partial charge in [0.1, 0.15) is 5.60 Å². The van der Waals surface area contributed by atoms with Crippen LogP contribution < -0.4 is 0 Å². The Labute approximate surface area is 176 Å². The fourth-order valence-corrected chi connectivity index (χ4v) is 4.67. The largest absolute Gasteiger partial charge is 0.441 e. The minimum absolute atomic E-state index is 0.00598. The second-order valence-corrected chi connectivity index (χ2v) is 10.2. The summed E-state index contributed by atoms with van der Waals surface area (Å²) in [6.07, 6.45) is 2.90. The minimum atomic E-state index is -0.387. The van der Waals surface area contributed by atoms with Crippen molar-refractivity contribution >= 4 is 12.0 Å². The molecule has 0 aromatic heterocycles. The van der Waals surface area contributed by atoms with E-state index in [4.69, 9.17) is 4.74 Å². The van der Waals surface area contributed by atoms with Crippen molar-refractivity contribution in [1.82, 2.24) is 19.6 Å². The van der Waals surface area contributed by atoms with Crippen molar-refractivity contribution in [1.29, 1.82) is 0 Å². The van der Waals surface area contributed by atoms with Crippen molar-refractivity contribution < 1.29 is 14.3 Å². The van der Waals surface area contributed by atoms with Crippen molar-refractivity contribution in [3.8, 4) is 0 Å². The molecule has 0 N–H and O–H groups in total. The first kappa shape index (κ1) is 22.3. The molecule has 166 valence electrons. The molecule has 0 unspecified atom stereocenters. The summed E-state index contributed by atoms with van der Waals surface area (Å²) in [5.41, 5.74) is -0.381. The lowest BCUT2D eigenvalue weighted by Gasteiger charge is -2.38. The van der Waals surface area contributed by atoms with Gasteiger partial charge in [-0.05, 0) is 24.9 Å². The number of piperidine rings is 1. The number of hydrogen-bond acceptors (Lipinski definition) is 5. The maximum atomic E-state index is 12.5. The van der Waals surface area contributed by atoms with Crippen molar-refractivity contribution in [2.24, 2.45) is 5.41 Å². The van der Waals surface area contributed by atoms with Gasteiger partial charge in [-0.2, -0.15) is 0 Å². The molecule has 0 bridgehead atoms. The summed E-state index contributed by atoms with van der Waals surface area (Å²) < 4.78 is 5.83. The third kappa shape index (κ3) is 6.07. The number of likely N-dealkylation sites (tertiary alicyclic amines) is 1. The fourth-order valence-electron chi connectivity index (χ4n) is 4.67. The van der Waals surface area contributed by atoms with E-state index in [2.05, 4.69) is 37.5 Å². The smallest absolute Gasteiger partial charge is 0.410 e. The van der Waals surface area contributed by atoms with Gasteiger partial charge in [-0.3, -0.25) is 4.79 Å². The molecule has 3 fully saturated rings. The molecule has 3 saturated heterocycles. The third-order valence-corrected chi connectivity index (χ3v) is 6.56. The highest BCUT2D eigenvalue weighted by Crippen LogP contribution is 2.34. The maximum absolute atomic E-state index is 12.5. The predicted octanol–water partition coefficient (Wildman–Crippen LogP) is 2.26. The van der Waals surface area contributed by atoms with Crippen LogP contribution in [0, 0.1) is 5.41 Å². The van der Waals surface area contributed by atoms with Gasteiger partial charge in [0.05, 0.1) is 6.54 Å². The molecule has 3 rings (SSSR count). The van der Waals surface area contributed by atoms with Crippen LogP contribution in [0.4, 0.5) is 4.79 Å². The third-order valence-electron chi connectivity index (χ3n) is 6.56. The average molecular weight is 409 g/mol. The van der Waals surface area contributed by atoms with Gasteiger partial charge in [0.2, 0.25) is 5.91 Å². The second kappa shape index (κ2) is 9.21. The maximum Gasteiger partial charge on any atom is 0.410 e. The van der Waals surface area contributed by atoms with Gasteiger partial charge >= 0.3 is 6.09 Å². The zero-order chi connectivity index (χ0) is 21.1. The molecule has 0 radical (unpaired) electrons. The summed E-state index contributed by atoms with van der Waals surface area (Å²) in [6, 6.07) is 0. The molecule has 29 heavy (non-hydrogen) atoms. The summed E-state index contributed by atoms with van der Waals surface area (Å²) >= 11 is 0. The highest BCUT2D eigenvalue weighted by Gasteiger charge is 2.47. The molecular formula is C22H40N4O3. The number of nitrogens with zero attached hydrogens (tertiary/aromatic N) is 4. The molecule has 3 aliphatic heterocycles. The second-order valence-electron chi connectivity index (χ2n) is 10.2. The zero-order valence-electron chi connectivity index (χ0n) is 18.9. The Morgan fingerprint density at radius 1 is 1.00 bits per heavy atom. The Kier molecular flexibility index (Phi) is 7.10. The van der Waals surface area contributed by atoms with E-state index in [0.717, 1.165) is 65.1 Å². The van der Waals surface area contributed by atoms with Gasteiger partial charge in [0.15, 0.2) is 0 Å². The van der Waals surface area contributed by atoms with Crippen LogP contribution in [-0.4, -0.2) is 103 Å². The number of rotatable bonds is 6. The fraction of sp³-hybridized carbons (Fsp3) is 0.909. The van der Waals surface area contributed by atoms with Crippen LogP contribution >= 0.6 is 0 Å². The van der Waals surface area contributed by atoms with E-state index >= 15 is 0 Å². The van der Waals surface area contributed by atoms with Gasteiger partial charge in [-0.1, -0.05) is 27.7 Å². The highest BCUT2D eigenvalue weighted by atomic mass is 16.6. The number of amides is 2. The molecule has 0 aliphatic carbocycles. The Balaban J connectivity index is 1.39. The van der Waals surface area contributed by atoms with Crippen molar-refractivity contribution in [2.75, 3.05) is 65.4 Å². The number of carbonyl (C=O) groups is 2. The summed E-state index contributed by atoms with van der Waals surface area (Å²) in [5, 5.41) is 0. The zero-order valence-corrected chi connectivity index (χ0v) is 18.9. The molecule has 0 aromatic carbocycles. The SMILES string of the molecule is CCN1CCN(CCCN2CC3(CCN(C(=O)CC(C)(C)C)CC3)OC2=O)CC1. The van der Waals surface area contributed by atoms with E-state index in [1.165, 1.54) is 0 Å². The van der Waals surface area contributed by atoms with Gasteiger partial charge in [-0.15, -0.1) is 0 Å². The molecule has 0 saturated carbocycles. The van der Waals surface area contributed by atoms with E-state index in [9.17, 15) is 9.59 Å². The first-order valence-corrected chi connectivity index (χ1v) is 11.4. The van der Waals surface area contributed by atoms with Gasteiger partial charge in [-0.25, -0.2) is 4.79 Å². The minimum Gasteiger partial charge on any atom is -0.441 e. The lowest BCUT2D eigenvalue weighted by atomic mass is 9.88. The van der Waals surface area contributed by atoms with E-state index in [-0.39, 0.29) is 23.0 Å². The Bertz CT molecular complexity index is 573.